The summed E-state index contributed by atoms with van der Waals surface area (Å²) in [4.78, 5) is 96.4. The average Bonchev–Trinajstić information content (AvgIpc) is 3.16. The topological polar surface area (TPSA) is 349 Å². The quantitative estimate of drug-likeness (QED) is 0.0249. The summed E-state index contributed by atoms with van der Waals surface area (Å²) in [5.74, 6) is -6.64. The maximum atomic E-state index is 14.0. The van der Waals surface area contributed by atoms with Crippen LogP contribution >= 0.6 is 0 Å². The summed E-state index contributed by atoms with van der Waals surface area (Å²) < 4.78 is 0. The lowest BCUT2D eigenvalue weighted by Gasteiger charge is -2.29. The maximum absolute atomic E-state index is 14.0. The molecule has 0 aromatic heterocycles. The SMILES string of the molecule is CCC(C)C(NC(=O)C(CCCN=C(N)N)NC(=O)C(NC(=O)C(Cc1ccccc1)NC(=O)C(CO)NC(=O)C(CO)NC(=O)C(N)CC(C)C)C(C)C)C(N)=O. The Morgan fingerprint density at radius 3 is 1.62 bits per heavy atom. The van der Waals surface area contributed by atoms with Gasteiger partial charge in [-0.3, -0.25) is 38.6 Å². The van der Waals surface area contributed by atoms with Gasteiger partial charge in [-0.1, -0.05) is 78.3 Å². The molecule has 1 rings (SSSR count). The summed E-state index contributed by atoms with van der Waals surface area (Å²) in [6.45, 7) is 8.94. The third kappa shape index (κ3) is 17.9. The predicted octanol–water partition coefficient (Wildman–Crippen LogP) is -3.26. The van der Waals surface area contributed by atoms with E-state index in [4.69, 9.17) is 22.9 Å². The number of carbonyl (C=O) groups is 7. The number of primary amides is 1. The molecule has 0 aliphatic rings. The number of aliphatic imine (C=N–C) groups is 1. The molecule has 58 heavy (non-hydrogen) atoms. The van der Waals surface area contributed by atoms with E-state index >= 15 is 0 Å². The molecule has 0 saturated heterocycles. The van der Waals surface area contributed by atoms with Gasteiger partial charge < -0.3 is 65.0 Å². The van der Waals surface area contributed by atoms with Gasteiger partial charge in [0.15, 0.2) is 5.96 Å². The van der Waals surface area contributed by atoms with E-state index in [1.807, 2.05) is 20.8 Å². The normalized spacial score (nSPS) is 15.3. The maximum Gasteiger partial charge on any atom is 0.245 e. The van der Waals surface area contributed by atoms with Crippen molar-refractivity contribution in [1.82, 2.24) is 31.9 Å². The van der Waals surface area contributed by atoms with Crippen LogP contribution in [-0.2, 0) is 40.0 Å². The number of nitrogens with one attached hydrogen (secondary N) is 6. The van der Waals surface area contributed by atoms with Crippen LogP contribution in [0.1, 0.15) is 72.8 Å². The largest absolute Gasteiger partial charge is 0.394 e. The van der Waals surface area contributed by atoms with Crippen molar-refractivity contribution in [3.05, 3.63) is 35.9 Å². The molecule has 326 valence electrons. The zero-order valence-corrected chi connectivity index (χ0v) is 34.3. The Bertz CT molecular complexity index is 1540. The zero-order valence-electron chi connectivity index (χ0n) is 34.3. The van der Waals surface area contributed by atoms with Crippen LogP contribution in [0.25, 0.3) is 0 Å². The van der Waals surface area contributed by atoms with E-state index in [-0.39, 0.29) is 43.6 Å². The van der Waals surface area contributed by atoms with Gasteiger partial charge in [0.25, 0.3) is 0 Å². The first-order chi connectivity index (χ1) is 27.2. The smallest absolute Gasteiger partial charge is 0.245 e. The van der Waals surface area contributed by atoms with Crippen LogP contribution in [0.15, 0.2) is 35.3 Å². The van der Waals surface area contributed by atoms with Gasteiger partial charge in [-0.25, -0.2) is 0 Å². The van der Waals surface area contributed by atoms with E-state index in [9.17, 15) is 43.8 Å². The van der Waals surface area contributed by atoms with Gasteiger partial charge in [0.1, 0.15) is 36.3 Å². The highest BCUT2D eigenvalue weighted by molar-refractivity contribution is 5.97. The van der Waals surface area contributed by atoms with Crippen LogP contribution in [0.3, 0.4) is 0 Å². The number of hydrogen-bond acceptors (Lipinski definition) is 11. The van der Waals surface area contributed by atoms with Crippen LogP contribution in [0.2, 0.25) is 0 Å². The van der Waals surface area contributed by atoms with E-state index in [0.717, 1.165) is 0 Å². The zero-order chi connectivity index (χ0) is 44.1. The molecule has 0 radical (unpaired) electrons. The summed E-state index contributed by atoms with van der Waals surface area (Å²) in [7, 11) is 0. The molecule has 0 aliphatic carbocycles. The van der Waals surface area contributed by atoms with Crippen molar-refractivity contribution in [1.29, 1.82) is 0 Å². The highest BCUT2D eigenvalue weighted by Gasteiger charge is 2.35. The predicted molar refractivity (Wildman–Crippen MR) is 217 cm³/mol. The van der Waals surface area contributed by atoms with Crippen LogP contribution in [0.4, 0.5) is 0 Å². The Hall–Kier alpha value is -5.34. The first kappa shape index (κ1) is 50.7. The third-order valence-electron chi connectivity index (χ3n) is 9.25. The van der Waals surface area contributed by atoms with Crippen molar-refractivity contribution in [2.75, 3.05) is 19.8 Å². The Morgan fingerprint density at radius 1 is 0.655 bits per heavy atom. The van der Waals surface area contributed by atoms with Crippen molar-refractivity contribution in [2.24, 2.45) is 45.7 Å². The standard InChI is InChI=1S/C38H65N11O9/c1-7-22(6)30(31(40)52)49-33(54)25(14-11-15-43-38(41)42)44-37(58)29(21(4)5)48-34(55)26(17-23-12-9-8-10-13-23)45-35(56)28(19-51)47-36(57)27(18-50)46-32(53)24(39)16-20(2)3/h8-10,12-13,20-22,24-30,50-51H,7,11,14-19,39H2,1-6H3,(H2,40,52)(H,44,58)(H,45,56)(H,46,53)(H,47,57)(H,48,55)(H,49,54)(H4,41,42,43). The second-order valence-corrected chi connectivity index (χ2v) is 15.0. The highest BCUT2D eigenvalue weighted by Crippen LogP contribution is 2.11. The molecule has 0 fully saturated rings. The number of benzene rings is 1. The van der Waals surface area contributed by atoms with E-state index in [0.29, 0.717) is 18.4 Å². The Balaban J connectivity index is 3.32. The van der Waals surface area contributed by atoms with Crippen molar-refractivity contribution in [3.63, 3.8) is 0 Å². The molecule has 0 heterocycles. The third-order valence-corrected chi connectivity index (χ3v) is 9.25. The molecule has 16 N–H and O–H groups in total. The lowest BCUT2D eigenvalue weighted by molar-refractivity contribution is -0.136. The second kappa shape index (κ2) is 25.8. The van der Waals surface area contributed by atoms with Gasteiger partial charge in [-0.05, 0) is 42.6 Å². The van der Waals surface area contributed by atoms with Crippen LogP contribution in [0, 0.1) is 17.8 Å². The Morgan fingerprint density at radius 2 is 1.14 bits per heavy atom. The summed E-state index contributed by atoms with van der Waals surface area (Å²) in [5, 5.41) is 35.0. The van der Waals surface area contributed by atoms with E-state index in [1.165, 1.54) is 0 Å². The summed E-state index contributed by atoms with van der Waals surface area (Å²) >= 11 is 0. The molecule has 0 aliphatic heterocycles. The van der Waals surface area contributed by atoms with E-state index < -0.39 is 103 Å². The molecule has 20 heteroatoms. The Labute approximate surface area is 339 Å². The molecule has 7 amide bonds. The van der Waals surface area contributed by atoms with Gasteiger partial charge >= 0.3 is 0 Å². The number of hydrogen-bond donors (Lipinski definition) is 12. The van der Waals surface area contributed by atoms with Crippen LogP contribution in [0.5, 0.6) is 0 Å². The highest BCUT2D eigenvalue weighted by atomic mass is 16.3. The van der Waals surface area contributed by atoms with E-state index in [1.54, 1.807) is 51.1 Å². The second-order valence-electron chi connectivity index (χ2n) is 15.0. The van der Waals surface area contributed by atoms with Crippen molar-refractivity contribution in [3.8, 4) is 0 Å². The number of rotatable bonds is 26. The van der Waals surface area contributed by atoms with E-state index in [2.05, 4.69) is 36.9 Å². The molecular weight excluding hydrogens is 754 g/mol. The van der Waals surface area contributed by atoms with Crippen molar-refractivity contribution >= 4 is 47.3 Å². The fraction of sp³-hybridized carbons (Fsp3) is 0.632. The van der Waals surface area contributed by atoms with Crippen molar-refractivity contribution in [2.45, 2.75) is 116 Å². The fourth-order valence-electron chi connectivity index (χ4n) is 5.69. The molecule has 0 spiro atoms. The lowest BCUT2D eigenvalue weighted by Crippen LogP contribution is -2.61. The Kier molecular flexibility index (Phi) is 22.6. The molecule has 0 saturated carbocycles. The van der Waals surface area contributed by atoms with Gasteiger partial charge in [0, 0.05) is 13.0 Å². The van der Waals surface area contributed by atoms with Crippen LogP contribution < -0.4 is 54.8 Å². The number of nitrogens with two attached hydrogens (primary N) is 4. The number of nitrogens with zero attached hydrogens (tertiary/aromatic N) is 1. The molecule has 8 atom stereocenters. The van der Waals surface area contributed by atoms with Gasteiger partial charge in [0.05, 0.1) is 19.3 Å². The lowest BCUT2D eigenvalue weighted by atomic mass is 9.97. The minimum absolute atomic E-state index is 0.0473. The summed E-state index contributed by atoms with van der Waals surface area (Å²) in [6.07, 6.45) is 1.05. The van der Waals surface area contributed by atoms with Crippen molar-refractivity contribution < 1.29 is 43.8 Å². The molecule has 1 aromatic carbocycles. The first-order valence-corrected chi connectivity index (χ1v) is 19.4. The summed E-state index contributed by atoms with van der Waals surface area (Å²) in [6, 6.07) is -0.341. The monoisotopic (exact) mass is 819 g/mol. The van der Waals surface area contributed by atoms with Gasteiger partial charge in [0.2, 0.25) is 41.4 Å². The number of aliphatic hydroxyl groups is 2. The minimum Gasteiger partial charge on any atom is -0.394 e. The molecule has 0 bridgehead atoms. The molecule has 1 aromatic rings. The number of amides is 7. The summed E-state index contributed by atoms with van der Waals surface area (Å²) in [5.41, 5.74) is 22.9. The van der Waals surface area contributed by atoms with Gasteiger partial charge in [-0.15, -0.1) is 0 Å². The minimum atomic E-state index is -1.63. The van der Waals surface area contributed by atoms with Gasteiger partial charge in [-0.2, -0.15) is 0 Å². The average molecular weight is 820 g/mol. The number of carbonyl (C=O) groups excluding carboxylic acids is 7. The molecule has 8 unspecified atom stereocenters. The van der Waals surface area contributed by atoms with Crippen LogP contribution in [-0.4, -0.2) is 120 Å². The molecule has 20 nitrogen and oxygen atoms in total. The first-order valence-electron chi connectivity index (χ1n) is 19.4. The number of aliphatic hydroxyl groups excluding tert-OH is 2. The fourth-order valence-corrected chi connectivity index (χ4v) is 5.69. The molecular formula is C38H65N11O9. The number of guanidine groups is 1.